The highest BCUT2D eigenvalue weighted by Crippen LogP contribution is 2.60. The number of nitrogens with one attached hydrogen (secondary N) is 1. The van der Waals surface area contributed by atoms with Crippen molar-refractivity contribution in [3.63, 3.8) is 0 Å². The Kier molecular flexibility index (Phi) is 2.93. The Hall–Kier alpha value is -3.03. The van der Waals surface area contributed by atoms with Gasteiger partial charge in [-0.25, -0.2) is 0 Å². The molecule has 1 N–H and O–H groups in total. The van der Waals surface area contributed by atoms with Crippen LogP contribution in [0.15, 0.2) is 91.0 Å². The molecule has 0 fully saturated rings. The molecule has 1 aliphatic carbocycles. The van der Waals surface area contributed by atoms with Gasteiger partial charge < -0.3 is 5.32 Å². The highest BCUT2D eigenvalue weighted by atomic mass is 35.5. The van der Waals surface area contributed by atoms with Crippen LogP contribution in [0, 0.1) is 0 Å². The number of fused-ring (bicyclic) bond motifs is 9. The zero-order chi connectivity index (χ0) is 18.0. The van der Waals surface area contributed by atoms with Crippen molar-refractivity contribution in [1.82, 2.24) is 0 Å². The molecule has 4 aromatic carbocycles. The molecule has 128 valence electrons. The van der Waals surface area contributed by atoms with Crippen LogP contribution >= 0.6 is 11.6 Å². The number of benzene rings is 4. The van der Waals surface area contributed by atoms with Gasteiger partial charge in [0.25, 0.3) is 0 Å². The van der Waals surface area contributed by atoms with Crippen molar-refractivity contribution in [3.05, 3.63) is 118 Å². The van der Waals surface area contributed by atoms with Crippen LogP contribution in [0.4, 0.5) is 11.4 Å². The van der Waals surface area contributed by atoms with Gasteiger partial charge in [0, 0.05) is 16.4 Å². The Morgan fingerprint density at radius 3 is 1.81 bits per heavy atom. The third kappa shape index (κ3) is 1.80. The summed E-state index contributed by atoms with van der Waals surface area (Å²) in [6, 6.07) is 32.3. The van der Waals surface area contributed by atoms with Crippen molar-refractivity contribution in [1.29, 1.82) is 0 Å². The molecule has 1 heterocycles. The van der Waals surface area contributed by atoms with Gasteiger partial charge in [-0.05, 0) is 57.6 Å². The Bertz CT molecular complexity index is 1180. The fourth-order valence-electron chi connectivity index (χ4n) is 4.96. The molecule has 6 rings (SSSR count). The van der Waals surface area contributed by atoms with E-state index in [1.54, 1.807) is 0 Å². The maximum absolute atomic E-state index is 6.49. The average molecular weight is 366 g/mol. The van der Waals surface area contributed by atoms with Gasteiger partial charge in [0.1, 0.15) is 0 Å². The summed E-state index contributed by atoms with van der Waals surface area (Å²) in [5, 5.41) is 4.38. The molecule has 1 nitrogen and oxygen atoms in total. The molecular weight excluding hydrogens is 350 g/mol. The Morgan fingerprint density at radius 2 is 1.11 bits per heavy atom. The Labute approximate surface area is 163 Å². The zero-order valence-corrected chi connectivity index (χ0v) is 15.3. The van der Waals surface area contributed by atoms with Gasteiger partial charge in [-0.1, -0.05) is 78.3 Å². The van der Waals surface area contributed by atoms with Gasteiger partial charge in [0.15, 0.2) is 0 Å². The van der Waals surface area contributed by atoms with Crippen molar-refractivity contribution in [3.8, 4) is 11.1 Å². The second kappa shape index (κ2) is 5.25. The predicted molar refractivity (Wildman–Crippen MR) is 112 cm³/mol. The summed E-state index contributed by atoms with van der Waals surface area (Å²) in [7, 11) is 0. The summed E-state index contributed by atoms with van der Waals surface area (Å²) in [6.45, 7) is 0. The normalized spacial score (nSPS) is 14.7. The van der Waals surface area contributed by atoms with Crippen LogP contribution in [0.1, 0.15) is 22.3 Å². The number of hydrogen-bond donors (Lipinski definition) is 1. The number of halogens is 1. The molecule has 1 aliphatic heterocycles. The molecule has 0 unspecified atom stereocenters. The van der Waals surface area contributed by atoms with E-state index in [2.05, 4.69) is 90.2 Å². The van der Waals surface area contributed by atoms with Crippen LogP contribution in [0.3, 0.4) is 0 Å². The molecule has 2 heteroatoms. The average Bonchev–Trinajstić information content (AvgIpc) is 3.01. The van der Waals surface area contributed by atoms with Gasteiger partial charge in [-0.2, -0.15) is 0 Å². The standard InChI is InChI=1S/C25H16ClN/c26-16-13-14-24-22(15-16)25(21-11-5-6-12-23(21)27-24)19-9-3-1-7-17(19)18-8-2-4-10-20(18)25/h1-15,27H. The Morgan fingerprint density at radius 1 is 0.556 bits per heavy atom. The molecule has 0 aromatic heterocycles. The van der Waals surface area contributed by atoms with E-state index in [0.717, 1.165) is 16.4 Å². The van der Waals surface area contributed by atoms with E-state index in [1.165, 1.54) is 33.4 Å². The molecule has 0 saturated carbocycles. The van der Waals surface area contributed by atoms with E-state index in [-0.39, 0.29) is 5.41 Å². The molecule has 1 spiro atoms. The monoisotopic (exact) mass is 365 g/mol. The molecule has 27 heavy (non-hydrogen) atoms. The molecule has 0 atom stereocenters. The predicted octanol–water partition coefficient (Wildman–Crippen LogP) is 6.76. The largest absolute Gasteiger partial charge is 0.355 e. The first-order valence-corrected chi connectivity index (χ1v) is 9.54. The topological polar surface area (TPSA) is 12.0 Å². The van der Waals surface area contributed by atoms with Gasteiger partial charge in [-0.15, -0.1) is 0 Å². The molecular formula is C25H16ClN. The summed E-state index contributed by atoms with van der Waals surface area (Å²) < 4.78 is 0. The van der Waals surface area contributed by atoms with Crippen molar-refractivity contribution in [2.75, 3.05) is 5.32 Å². The van der Waals surface area contributed by atoms with Crippen molar-refractivity contribution in [2.45, 2.75) is 5.41 Å². The first-order valence-electron chi connectivity index (χ1n) is 9.16. The van der Waals surface area contributed by atoms with E-state index >= 15 is 0 Å². The zero-order valence-electron chi connectivity index (χ0n) is 14.5. The number of rotatable bonds is 0. The lowest BCUT2D eigenvalue weighted by molar-refractivity contribution is 0.763. The molecule has 4 aromatic rings. The van der Waals surface area contributed by atoms with Gasteiger partial charge in [-0.3, -0.25) is 0 Å². The smallest absolute Gasteiger partial charge is 0.0754 e. The van der Waals surface area contributed by atoms with Crippen molar-refractivity contribution < 1.29 is 0 Å². The summed E-state index contributed by atoms with van der Waals surface area (Å²) in [5.74, 6) is 0. The minimum absolute atomic E-state index is 0.352. The van der Waals surface area contributed by atoms with Gasteiger partial charge in [0.05, 0.1) is 5.41 Å². The number of hydrogen-bond acceptors (Lipinski definition) is 1. The second-order valence-corrected chi connectivity index (χ2v) is 7.64. The van der Waals surface area contributed by atoms with Gasteiger partial charge in [0.2, 0.25) is 0 Å². The van der Waals surface area contributed by atoms with E-state index < -0.39 is 0 Å². The third-order valence-electron chi connectivity index (χ3n) is 5.94. The minimum atomic E-state index is -0.352. The minimum Gasteiger partial charge on any atom is -0.355 e. The lowest BCUT2D eigenvalue weighted by Gasteiger charge is -2.40. The van der Waals surface area contributed by atoms with Crippen molar-refractivity contribution in [2.24, 2.45) is 0 Å². The van der Waals surface area contributed by atoms with E-state index in [9.17, 15) is 0 Å². The van der Waals surface area contributed by atoms with Crippen LogP contribution in [-0.2, 0) is 5.41 Å². The summed E-state index contributed by atoms with van der Waals surface area (Å²) >= 11 is 6.49. The molecule has 0 amide bonds. The van der Waals surface area contributed by atoms with Crippen LogP contribution in [0.25, 0.3) is 11.1 Å². The van der Waals surface area contributed by atoms with Crippen LogP contribution < -0.4 is 5.32 Å². The maximum Gasteiger partial charge on any atom is 0.0754 e. The van der Waals surface area contributed by atoms with Gasteiger partial charge >= 0.3 is 0 Å². The third-order valence-corrected chi connectivity index (χ3v) is 6.17. The lowest BCUT2D eigenvalue weighted by Crippen LogP contribution is -2.33. The second-order valence-electron chi connectivity index (χ2n) is 7.20. The SMILES string of the molecule is Clc1ccc2c(c1)C1(c3ccccc3N2)c2ccccc2-c2ccccc21. The molecule has 2 aliphatic rings. The van der Waals surface area contributed by atoms with E-state index in [0.29, 0.717) is 0 Å². The van der Waals surface area contributed by atoms with Crippen LogP contribution in [0.5, 0.6) is 0 Å². The van der Waals surface area contributed by atoms with Crippen LogP contribution in [0.2, 0.25) is 5.02 Å². The van der Waals surface area contributed by atoms with Crippen LogP contribution in [-0.4, -0.2) is 0 Å². The first-order chi connectivity index (χ1) is 13.3. The fourth-order valence-corrected chi connectivity index (χ4v) is 5.13. The highest BCUT2D eigenvalue weighted by Gasteiger charge is 2.49. The summed E-state index contributed by atoms with van der Waals surface area (Å²) in [5.41, 5.74) is 9.65. The quantitative estimate of drug-likeness (QED) is 0.313. The number of anilines is 2. The van der Waals surface area contributed by atoms with Crippen molar-refractivity contribution >= 4 is 23.0 Å². The Balaban J connectivity index is 1.86. The number of para-hydroxylation sites is 1. The highest BCUT2D eigenvalue weighted by molar-refractivity contribution is 6.30. The lowest BCUT2D eigenvalue weighted by atomic mass is 9.65. The molecule has 0 radical (unpaired) electrons. The summed E-state index contributed by atoms with van der Waals surface area (Å²) in [4.78, 5) is 0. The fraction of sp³-hybridized carbons (Fsp3) is 0.0400. The van der Waals surface area contributed by atoms with E-state index in [4.69, 9.17) is 11.6 Å². The molecule has 0 bridgehead atoms. The molecule has 0 saturated heterocycles. The first kappa shape index (κ1) is 15.1. The maximum atomic E-state index is 6.49. The summed E-state index contributed by atoms with van der Waals surface area (Å²) in [6.07, 6.45) is 0. The van der Waals surface area contributed by atoms with E-state index in [1.807, 2.05) is 6.07 Å².